The lowest BCUT2D eigenvalue weighted by molar-refractivity contribution is -0.124. The number of nitrogens with zero attached hydrogens (tertiary/aromatic N) is 1. The van der Waals surface area contributed by atoms with Gasteiger partial charge in [-0.1, -0.05) is 30.2 Å². The predicted molar refractivity (Wildman–Crippen MR) is 87.5 cm³/mol. The van der Waals surface area contributed by atoms with Crippen molar-refractivity contribution in [2.24, 2.45) is 0 Å². The van der Waals surface area contributed by atoms with Crippen molar-refractivity contribution in [1.29, 1.82) is 0 Å². The minimum absolute atomic E-state index is 0.119. The predicted octanol–water partition coefficient (Wildman–Crippen LogP) is 3.57. The van der Waals surface area contributed by atoms with Crippen molar-refractivity contribution in [2.45, 2.75) is 51.1 Å². The average Bonchev–Trinajstić information content (AvgIpc) is 2.41. The SMILES string of the molecule is CN1CCCCC1CC(=O)NC(C)(C)c1ccc(Cl)cc1. The molecule has 1 aromatic rings. The van der Waals surface area contributed by atoms with Gasteiger partial charge in [0.2, 0.25) is 5.91 Å². The van der Waals surface area contributed by atoms with Gasteiger partial charge in [-0.25, -0.2) is 0 Å². The first-order chi connectivity index (χ1) is 9.88. The number of rotatable bonds is 4. The van der Waals surface area contributed by atoms with Crippen LogP contribution in [0.25, 0.3) is 0 Å². The molecule has 1 aliphatic rings. The molecule has 0 radical (unpaired) electrons. The highest BCUT2D eigenvalue weighted by atomic mass is 35.5. The van der Waals surface area contributed by atoms with Gasteiger partial charge in [-0.2, -0.15) is 0 Å². The van der Waals surface area contributed by atoms with Crippen LogP contribution >= 0.6 is 11.6 Å². The first-order valence-electron chi connectivity index (χ1n) is 7.66. The van der Waals surface area contributed by atoms with Crippen LogP contribution in [0.5, 0.6) is 0 Å². The van der Waals surface area contributed by atoms with Crippen molar-refractivity contribution in [3.05, 3.63) is 34.9 Å². The molecule has 1 aliphatic heterocycles. The Hall–Kier alpha value is -1.06. The third-order valence-corrected chi connectivity index (χ3v) is 4.61. The Kier molecular flexibility index (Phi) is 5.28. The van der Waals surface area contributed by atoms with Crippen molar-refractivity contribution in [3.8, 4) is 0 Å². The summed E-state index contributed by atoms with van der Waals surface area (Å²) in [6.07, 6.45) is 4.16. The van der Waals surface area contributed by atoms with E-state index in [9.17, 15) is 4.79 Å². The van der Waals surface area contributed by atoms with E-state index in [-0.39, 0.29) is 11.4 Å². The molecule has 1 amide bonds. The Morgan fingerprint density at radius 3 is 2.62 bits per heavy atom. The second-order valence-corrected chi connectivity index (χ2v) is 6.95. The van der Waals surface area contributed by atoms with Gasteiger partial charge in [0.15, 0.2) is 0 Å². The third-order valence-electron chi connectivity index (χ3n) is 4.36. The van der Waals surface area contributed by atoms with Crippen LogP contribution in [0.3, 0.4) is 0 Å². The molecule has 4 heteroatoms. The fourth-order valence-electron chi connectivity index (χ4n) is 2.95. The monoisotopic (exact) mass is 308 g/mol. The summed E-state index contributed by atoms with van der Waals surface area (Å²) in [6, 6.07) is 8.03. The minimum atomic E-state index is -0.380. The van der Waals surface area contributed by atoms with Crippen LogP contribution in [0.15, 0.2) is 24.3 Å². The van der Waals surface area contributed by atoms with Gasteiger partial charge < -0.3 is 10.2 Å². The summed E-state index contributed by atoms with van der Waals surface area (Å²) in [5.74, 6) is 0.119. The van der Waals surface area contributed by atoms with E-state index < -0.39 is 0 Å². The van der Waals surface area contributed by atoms with E-state index >= 15 is 0 Å². The maximum absolute atomic E-state index is 12.3. The van der Waals surface area contributed by atoms with Gasteiger partial charge >= 0.3 is 0 Å². The molecule has 1 fully saturated rings. The largest absolute Gasteiger partial charge is 0.347 e. The number of nitrogens with one attached hydrogen (secondary N) is 1. The molecule has 0 aromatic heterocycles. The number of carbonyl (C=O) groups excluding carboxylic acids is 1. The number of hydrogen-bond acceptors (Lipinski definition) is 2. The van der Waals surface area contributed by atoms with E-state index in [4.69, 9.17) is 11.6 Å². The molecular formula is C17H25ClN2O. The van der Waals surface area contributed by atoms with Crippen LogP contribution in [0, 0.1) is 0 Å². The van der Waals surface area contributed by atoms with E-state index in [1.165, 1.54) is 12.8 Å². The fraction of sp³-hybridized carbons (Fsp3) is 0.588. The molecule has 116 valence electrons. The van der Waals surface area contributed by atoms with Gasteiger partial charge in [-0.3, -0.25) is 4.79 Å². The lowest BCUT2D eigenvalue weighted by Crippen LogP contribution is -2.45. The molecule has 2 rings (SSSR count). The quantitative estimate of drug-likeness (QED) is 0.922. The fourth-order valence-corrected chi connectivity index (χ4v) is 3.08. The number of amides is 1. The third kappa shape index (κ3) is 4.45. The Labute approximate surface area is 132 Å². The molecule has 0 spiro atoms. The lowest BCUT2D eigenvalue weighted by Gasteiger charge is -2.33. The Morgan fingerprint density at radius 1 is 1.33 bits per heavy atom. The number of carbonyl (C=O) groups is 1. The van der Waals surface area contributed by atoms with Crippen LogP contribution in [-0.2, 0) is 10.3 Å². The van der Waals surface area contributed by atoms with Crippen LogP contribution in [0.2, 0.25) is 5.02 Å². The zero-order valence-corrected chi connectivity index (χ0v) is 13.9. The van der Waals surface area contributed by atoms with Crippen molar-refractivity contribution in [3.63, 3.8) is 0 Å². The highest BCUT2D eigenvalue weighted by Gasteiger charge is 2.26. The maximum Gasteiger partial charge on any atom is 0.222 e. The summed E-state index contributed by atoms with van der Waals surface area (Å²) in [5.41, 5.74) is 0.687. The van der Waals surface area contributed by atoms with Gasteiger partial charge in [0.1, 0.15) is 0 Å². The molecule has 0 aliphatic carbocycles. The second-order valence-electron chi connectivity index (χ2n) is 6.51. The van der Waals surface area contributed by atoms with E-state index in [1.54, 1.807) is 0 Å². The highest BCUT2D eigenvalue weighted by Crippen LogP contribution is 2.23. The molecule has 1 unspecified atom stereocenters. The number of benzene rings is 1. The van der Waals surface area contributed by atoms with Crippen LogP contribution in [0.1, 0.15) is 45.1 Å². The second kappa shape index (κ2) is 6.80. The molecule has 3 nitrogen and oxygen atoms in total. The van der Waals surface area contributed by atoms with Crippen molar-refractivity contribution < 1.29 is 4.79 Å². The Bertz CT molecular complexity index is 484. The van der Waals surface area contributed by atoms with Crippen molar-refractivity contribution in [1.82, 2.24) is 10.2 Å². The van der Waals surface area contributed by atoms with Crippen LogP contribution in [-0.4, -0.2) is 30.4 Å². The number of halogens is 1. The summed E-state index contributed by atoms with van der Waals surface area (Å²) in [5, 5.41) is 3.86. The van der Waals surface area contributed by atoms with Gasteiger partial charge in [0.05, 0.1) is 5.54 Å². The molecule has 21 heavy (non-hydrogen) atoms. The van der Waals surface area contributed by atoms with Gasteiger partial charge in [-0.05, 0) is 58.0 Å². The zero-order valence-electron chi connectivity index (χ0n) is 13.2. The number of piperidine rings is 1. The normalized spacial score (nSPS) is 20.3. The van der Waals surface area contributed by atoms with E-state index in [0.717, 1.165) is 18.5 Å². The molecule has 0 bridgehead atoms. The summed E-state index contributed by atoms with van der Waals surface area (Å²) >= 11 is 5.92. The first kappa shape index (κ1) is 16.3. The van der Waals surface area contributed by atoms with Gasteiger partial charge in [0.25, 0.3) is 0 Å². The van der Waals surface area contributed by atoms with Crippen LogP contribution in [0.4, 0.5) is 0 Å². The van der Waals surface area contributed by atoms with E-state index in [1.807, 2.05) is 38.1 Å². The maximum atomic E-state index is 12.3. The number of hydrogen-bond donors (Lipinski definition) is 1. The zero-order chi connectivity index (χ0) is 15.5. The standard InChI is InChI=1S/C17H25ClN2O/c1-17(2,13-7-9-14(18)10-8-13)19-16(21)12-15-6-4-5-11-20(15)3/h7-10,15H,4-6,11-12H2,1-3H3,(H,19,21). The first-order valence-corrected chi connectivity index (χ1v) is 8.03. The molecule has 1 saturated heterocycles. The minimum Gasteiger partial charge on any atom is -0.347 e. The summed E-state index contributed by atoms with van der Waals surface area (Å²) in [6.45, 7) is 5.15. The Morgan fingerprint density at radius 2 is 2.00 bits per heavy atom. The van der Waals surface area contributed by atoms with Crippen molar-refractivity contribution >= 4 is 17.5 Å². The lowest BCUT2D eigenvalue weighted by atomic mass is 9.93. The molecule has 1 heterocycles. The van der Waals surface area contributed by atoms with E-state index in [0.29, 0.717) is 17.5 Å². The molecule has 0 saturated carbocycles. The van der Waals surface area contributed by atoms with Gasteiger partial charge in [0, 0.05) is 17.5 Å². The average molecular weight is 309 g/mol. The number of likely N-dealkylation sites (tertiary alicyclic amines) is 1. The molecule has 1 N–H and O–H groups in total. The summed E-state index contributed by atoms with van der Waals surface area (Å²) in [7, 11) is 2.11. The highest BCUT2D eigenvalue weighted by molar-refractivity contribution is 6.30. The molecule has 1 atom stereocenters. The Balaban J connectivity index is 1.95. The summed E-state index contributed by atoms with van der Waals surface area (Å²) in [4.78, 5) is 14.7. The van der Waals surface area contributed by atoms with Gasteiger partial charge in [-0.15, -0.1) is 0 Å². The van der Waals surface area contributed by atoms with Crippen LogP contribution < -0.4 is 5.32 Å². The molecular weight excluding hydrogens is 284 g/mol. The topological polar surface area (TPSA) is 32.3 Å². The molecule has 1 aromatic carbocycles. The summed E-state index contributed by atoms with van der Waals surface area (Å²) < 4.78 is 0. The van der Waals surface area contributed by atoms with E-state index in [2.05, 4.69) is 17.3 Å². The smallest absolute Gasteiger partial charge is 0.222 e. The van der Waals surface area contributed by atoms with Crippen molar-refractivity contribution in [2.75, 3.05) is 13.6 Å².